The Labute approximate surface area is 549 Å². The van der Waals surface area contributed by atoms with Crippen molar-refractivity contribution in [1.29, 1.82) is 0 Å². The summed E-state index contributed by atoms with van der Waals surface area (Å²) in [5.41, 5.74) is 31.1. The third-order valence-electron chi connectivity index (χ3n) is 20.5. The molecule has 2 heterocycles. The molecule has 0 spiro atoms. The highest BCUT2D eigenvalue weighted by atomic mass is 15.2. The fourth-order valence-electron chi connectivity index (χ4n) is 15.1. The van der Waals surface area contributed by atoms with Crippen molar-refractivity contribution in [2.75, 3.05) is 14.6 Å². The van der Waals surface area contributed by atoms with Gasteiger partial charge in [-0.2, -0.15) is 0 Å². The molecule has 4 heteroatoms. The second kappa shape index (κ2) is 21.8. The van der Waals surface area contributed by atoms with Crippen LogP contribution in [0.25, 0.3) is 44.5 Å². The number of nitrogens with zero attached hydrogens (tertiary/aromatic N) is 3. The van der Waals surface area contributed by atoms with Crippen LogP contribution in [0.1, 0.15) is 155 Å². The first-order valence-corrected chi connectivity index (χ1v) is 33.4. The summed E-state index contributed by atoms with van der Waals surface area (Å²) < 4.78 is 0. The van der Waals surface area contributed by atoms with E-state index in [0.717, 1.165) is 28.4 Å². The largest absolute Gasteiger partial charge is 0.376 e. The normalized spacial score (nSPS) is 14.6. The molecule has 3 aliphatic rings. The third kappa shape index (κ3) is 10.2. The van der Waals surface area contributed by atoms with Gasteiger partial charge in [0.1, 0.15) is 0 Å². The van der Waals surface area contributed by atoms with Crippen molar-refractivity contribution in [2.24, 2.45) is 0 Å². The first kappa shape index (κ1) is 60.4. The summed E-state index contributed by atoms with van der Waals surface area (Å²) in [4.78, 5) is 7.94. The molecule has 0 atom stereocenters. The Hall–Kier alpha value is -9.12. The zero-order valence-electron chi connectivity index (χ0n) is 57.0. The molecular formula is C88H88BN3. The molecule has 458 valence electrons. The Morgan fingerprint density at radius 3 is 1.18 bits per heavy atom. The molecule has 2 aliphatic heterocycles. The molecule has 11 aromatic rings. The fraction of sp³-hybridized carbons (Fsp3) is 0.250. The molecule has 3 nitrogen and oxygen atoms in total. The summed E-state index contributed by atoms with van der Waals surface area (Å²) in [5.74, 6) is 0. The lowest BCUT2D eigenvalue weighted by Gasteiger charge is -2.49. The van der Waals surface area contributed by atoms with Crippen molar-refractivity contribution in [3.05, 3.63) is 287 Å². The monoisotopic (exact) mass is 1200 g/mol. The maximum absolute atomic E-state index is 2.76. The number of hydrogen-bond acceptors (Lipinski definition) is 3. The van der Waals surface area contributed by atoms with E-state index < -0.39 is 0 Å². The van der Waals surface area contributed by atoms with Gasteiger partial charge in [-0.25, -0.2) is 0 Å². The molecule has 0 saturated carbocycles. The lowest BCUT2D eigenvalue weighted by atomic mass is 9.42. The second-order valence-electron chi connectivity index (χ2n) is 31.5. The molecule has 0 radical (unpaired) electrons. The summed E-state index contributed by atoms with van der Waals surface area (Å²) in [5, 5.41) is 0. The summed E-state index contributed by atoms with van der Waals surface area (Å²) in [6.45, 7) is 37.4. The minimum atomic E-state index is -0.319. The number of hydrogen-bond donors (Lipinski definition) is 0. The molecule has 0 N–H and O–H groups in total. The maximum atomic E-state index is 2.76. The van der Waals surface area contributed by atoms with E-state index >= 15 is 0 Å². The molecule has 0 fully saturated rings. The predicted octanol–water partition coefficient (Wildman–Crippen LogP) is 23.0. The van der Waals surface area contributed by atoms with E-state index in [1.54, 1.807) is 0 Å². The van der Waals surface area contributed by atoms with Crippen molar-refractivity contribution >= 4 is 63.3 Å². The van der Waals surface area contributed by atoms with Gasteiger partial charge in [0.15, 0.2) is 0 Å². The number of fused-ring (bicyclic) bond motifs is 6. The highest BCUT2D eigenvalue weighted by molar-refractivity contribution is 6.93. The average molecular weight is 1200 g/mol. The second-order valence-corrected chi connectivity index (χ2v) is 31.5. The number of rotatable bonds is 8. The van der Waals surface area contributed by atoms with Crippen LogP contribution in [0.5, 0.6) is 0 Å². The van der Waals surface area contributed by atoms with Crippen molar-refractivity contribution in [2.45, 2.75) is 143 Å². The molecular weight excluding hydrogens is 1110 g/mol. The topological polar surface area (TPSA) is 9.72 Å². The van der Waals surface area contributed by atoms with Crippen LogP contribution in [0.4, 0.5) is 45.5 Å². The Balaban J connectivity index is 1.15. The maximum Gasteiger partial charge on any atom is 0.333 e. The van der Waals surface area contributed by atoms with E-state index in [2.05, 4.69) is 368 Å². The minimum absolute atomic E-state index is 0.00514. The van der Waals surface area contributed by atoms with Gasteiger partial charge in [0.05, 0.1) is 5.69 Å². The van der Waals surface area contributed by atoms with Crippen LogP contribution in [0.3, 0.4) is 0 Å². The van der Waals surface area contributed by atoms with Crippen LogP contribution in [-0.4, -0.2) is 6.85 Å². The molecule has 0 saturated heterocycles. The Morgan fingerprint density at radius 2 is 0.696 bits per heavy atom. The summed E-state index contributed by atoms with van der Waals surface area (Å²) in [7, 11) is 0. The Morgan fingerprint density at radius 1 is 0.293 bits per heavy atom. The first-order valence-electron chi connectivity index (χ1n) is 33.4. The lowest BCUT2D eigenvalue weighted by molar-refractivity contribution is 0.521. The number of anilines is 8. The molecule has 14 rings (SSSR count). The van der Waals surface area contributed by atoms with Crippen LogP contribution in [0.2, 0.25) is 0 Å². The van der Waals surface area contributed by atoms with Crippen molar-refractivity contribution in [3.8, 4) is 44.5 Å². The molecule has 92 heavy (non-hydrogen) atoms. The molecule has 1 aliphatic carbocycles. The molecule has 0 aromatic heterocycles. The molecule has 11 aromatic carbocycles. The van der Waals surface area contributed by atoms with Crippen molar-refractivity contribution in [1.82, 2.24) is 0 Å². The van der Waals surface area contributed by atoms with Crippen molar-refractivity contribution in [3.63, 3.8) is 0 Å². The van der Waals surface area contributed by atoms with E-state index in [0.29, 0.717) is 0 Å². The van der Waals surface area contributed by atoms with Gasteiger partial charge in [0, 0.05) is 67.3 Å². The van der Waals surface area contributed by atoms with Gasteiger partial charge in [0.2, 0.25) is 0 Å². The average Bonchev–Trinajstić information content (AvgIpc) is 0.686. The Kier molecular flexibility index (Phi) is 14.3. The predicted molar refractivity (Wildman–Crippen MR) is 397 cm³/mol. The minimum Gasteiger partial charge on any atom is -0.376 e. The summed E-state index contributed by atoms with van der Waals surface area (Å²) in [6, 6.07) is 93.7. The SMILES string of the molecule is CC(C)(C)c1ccc(N(c2ccc(C(C)(C)C)cc2)c2ccc3c(c2)-c2cc(-c4ccccc4)cc4c2B(c2cc5c(cc2N4c2ccc(C(C)(C)C)cc2-c2ccccc2)C(C)(C)c2ccccc2C5(C)C)N3c2ccc(C(C)(C)C)cc2-c2ccccc2)cc1. The van der Waals surface area contributed by atoms with Gasteiger partial charge in [-0.1, -0.05) is 269 Å². The molecule has 0 amide bonds. The van der Waals surface area contributed by atoms with Crippen LogP contribution < -0.4 is 25.5 Å². The van der Waals surface area contributed by atoms with Gasteiger partial charge in [-0.3, -0.25) is 0 Å². The summed E-state index contributed by atoms with van der Waals surface area (Å²) >= 11 is 0. The van der Waals surface area contributed by atoms with Crippen LogP contribution in [-0.2, 0) is 32.5 Å². The van der Waals surface area contributed by atoms with E-state index in [1.165, 1.54) is 117 Å². The van der Waals surface area contributed by atoms with E-state index in [1.807, 2.05) is 0 Å². The standard InChI is InChI=1S/C88H88BN3/c1-83(2,3)61-36-42-65(43-37-61)90(66-44-38-62(39-45-66)84(4,5)6)67-46-49-79-70(54-67)71-50-60(57-28-20-17-21-29-57)51-81-82(71)89(92(79)78-48-41-64(86(10,11)12)53-69(78)59-32-24-19-25-33-59)76-55-74-75(88(15,16)73-35-27-26-34-72(73)87(74,13)14)56-80(76)91(81)77-47-40-63(85(7,8)9)52-68(77)58-30-22-18-23-31-58/h17-56H,1-16H3. The quantitative estimate of drug-likeness (QED) is 0.140. The highest BCUT2D eigenvalue weighted by Crippen LogP contribution is 2.56. The van der Waals surface area contributed by atoms with Gasteiger partial charge in [0.25, 0.3) is 0 Å². The van der Waals surface area contributed by atoms with Gasteiger partial charge < -0.3 is 14.6 Å². The van der Waals surface area contributed by atoms with Gasteiger partial charge >= 0.3 is 6.85 Å². The van der Waals surface area contributed by atoms with E-state index in [4.69, 9.17) is 0 Å². The highest BCUT2D eigenvalue weighted by Gasteiger charge is 2.50. The van der Waals surface area contributed by atoms with Gasteiger partial charge in [-0.15, -0.1) is 0 Å². The first-order chi connectivity index (χ1) is 43.7. The van der Waals surface area contributed by atoms with E-state index in [9.17, 15) is 0 Å². The van der Waals surface area contributed by atoms with E-state index in [-0.39, 0.29) is 39.3 Å². The zero-order chi connectivity index (χ0) is 64.6. The van der Waals surface area contributed by atoms with Crippen molar-refractivity contribution < 1.29 is 0 Å². The Bertz CT molecular complexity index is 4580. The lowest BCUT2D eigenvalue weighted by Crippen LogP contribution is -2.62. The third-order valence-corrected chi connectivity index (χ3v) is 20.5. The van der Waals surface area contributed by atoms with Gasteiger partial charge in [-0.05, 0) is 190 Å². The summed E-state index contributed by atoms with van der Waals surface area (Å²) in [6.07, 6.45) is 0. The molecule has 0 unspecified atom stereocenters. The van der Waals surface area contributed by atoms with Crippen LogP contribution >= 0.6 is 0 Å². The smallest absolute Gasteiger partial charge is 0.333 e. The molecule has 0 bridgehead atoms. The van der Waals surface area contributed by atoms with Crippen LogP contribution in [0.15, 0.2) is 243 Å². The zero-order valence-corrected chi connectivity index (χ0v) is 57.0. The number of benzene rings is 11. The van der Waals surface area contributed by atoms with Crippen LogP contribution in [0, 0.1) is 0 Å². The fourth-order valence-corrected chi connectivity index (χ4v) is 15.1.